The minimum Gasteiger partial charge on any atom is -0.493 e. The van der Waals surface area contributed by atoms with Crippen LogP contribution in [-0.2, 0) is 0 Å². The molecule has 0 aromatic heterocycles. The summed E-state index contributed by atoms with van der Waals surface area (Å²) in [6.45, 7) is 6.50. The highest BCUT2D eigenvalue weighted by molar-refractivity contribution is 5.95. The molecular weight excluding hydrogens is 308 g/mol. The zero-order valence-corrected chi connectivity index (χ0v) is 14.6. The second kappa shape index (κ2) is 8.59. The Labute approximate surface area is 143 Å². The lowest BCUT2D eigenvalue weighted by molar-refractivity contribution is 0.0907. The molecule has 1 unspecified atom stereocenters. The van der Waals surface area contributed by atoms with Crippen molar-refractivity contribution in [3.8, 4) is 17.2 Å². The van der Waals surface area contributed by atoms with Crippen LogP contribution in [-0.4, -0.2) is 57.8 Å². The molecule has 2 rings (SSSR count). The number of hydrogen-bond donors (Lipinski definition) is 1. The first-order valence-corrected chi connectivity index (χ1v) is 8.07. The molecule has 1 aliphatic rings. The fourth-order valence-corrected chi connectivity index (χ4v) is 3.00. The zero-order valence-electron chi connectivity index (χ0n) is 14.6. The Morgan fingerprint density at radius 1 is 1.29 bits per heavy atom. The molecule has 0 spiro atoms. The summed E-state index contributed by atoms with van der Waals surface area (Å²) in [5.41, 5.74) is 0.491. The lowest BCUT2D eigenvalue weighted by Gasteiger charge is -2.32. The first kappa shape index (κ1) is 18.1. The van der Waals surface area contributed by atoms with E-state index in [0.717, 1.165) is 32.5 Å². The third-order valence-corrected chi connectivity index (χ3v) is 4.15. The number of nitrogens with one attached hydrogen (secondary N) is 1. The van der Waals surface area contributed by atoms with Crippen LogP contribution in [0.4, 0.5) is 0 Å². The summed E-state index contributed by atoms with van der Waals surface area (Å²) in [6.07, 6.45) is 3.93. The fraction of sp³-hybridized carbons (Fsp3) is 0.500. The minimum absolute atomic E-state index is 0.130. The lowest BCUT2D eigenvalue weighted by atomic mass is 10.0. The molecule has 0 aliphatic carbocycles. The van der Waals surface area contributed by atoms with Crippen molar-refractivity contribution in [2.24, 2.45) is 0 Å². The van der Waals surface area contributed by atoms with Crippen molar-refractivity contribution in [3.05, 3.63) is 30.4 Å². The van der Waals surface area contributed by atoms with E-state index in [1.807, 2.05) is 6.08 Å². The summed E-state index contributed by atoms with van der Waals surface area (Å²) in [5, 5.41) is 3.10. The van der Waals surface area contributed by atoms with Gasteiger partial charge in [-0.3, -0.25) is 9.69 Å². The zero-order chi connectivity index (χ0) is 17.5. The Kier molecular flexibility index (Phi) is 6.49. The van der Waals surface area contributed by atoms with Crippen molar-refractivity contribution in [3.63, 3.8) is 0 Å². The molecule has 0 saturated carbocycles. The van der Waals surface area contributed by atoms with Gasteiger partial charge in [0, 0.05) is 24.7 Å². The quantitative estimate of drug-likeness (QED) is 0.774. The number of benzene rings is 1. The molecule has 6 nitrogen and oxygen atoms in total. The SMILES string of the molecule is C=CCN1CCCC(NC(=O)c2cc(OC)c(OC)c(OC)c2)C1. The van der Waals surface area contributed by atoms with E-state index in [1.54, 1.807) is 12.1 Å². The van der Waals surface area contributed by atoms with Gasteiger partial charge in [-0.05, 0) is 31.5 Å². The number of carbonyl (C=O) groups excluding carboxylic acids is 1. The molecule has 0 bridgehead atoms. The number of carbonyl (C=O) groups is 1. The number of piperidine rings is 1. The maximum atomic E-state index is 12.6. The molecule has 1 aromatic carbocycles. The molecule has 132 valence electrons. The summed E-state index contributed by atoms with van der Waals surface area (Å²) < 4.78 is 15.9. The normalized spacial score (nSPS) is 17.9. The number of hydrogen-bond acceptors (Lipinski definition) is 5. The van der Waals surface area contributed by atoms with Crippen LogP contribution in [0, 0.1) is 0 Å². The van der Waals surface area contributed by atoms with E-state index in [-0.39, 0.29) is 11.9 Å². The van der Waals surface area contributed by atoms with Gasteiger partial charge in [-0.1, -0.05) is 6.08 Å². The van der Waals surface area contributed by atoms with Gasteiger partial charge in [0.25, 0.3) is 5.91 Å². The van der Waals surface area contributed by atoms with Crippen LogP contribution in [0.1, 0.15) is 23.2 Å². The molecule has 0 radical (unpaired) electrons. The molecule has 6 heteroatoms. The summed E-state index contributed by atoms with van der Waals surface area (Å²) in [5.74, 6) is 1.28. The van der Waals surface area contributed by atoms with Crippen molar-refractivity contribution < 1.29 is 19.0 Å². The standard InChI is InChI=1S/C18H26N2O4/c1-5-8-20-9-6-7-14(12-20)19-18(21)13-10-15(22-2)17(24-4)16(11-13)23-3/h5,10-11,14H,1,6-9,12H2,2-4H3,(H,19,21). The lowest BCUT2D eigenvalue weighted by Crippen LogP contribution is -2.47. The van der Waals surface area contributed by atoms with Gasteiger partial charge in [0.1, 0.15) is 0 Å². The summed E-state index contributed by atoms with van der Waals surface area (Å²) >= 11 is 0. The molecule has 1 atom stereocenters. The van der Waals surface area contributed by atoms with Gasteiger partial charge < -0.3 is 19.5 Å². The average Bonchev–Trinajstić information content (AvgIpc) is 2.60. The Morgan fingerprint density at radius 3 is 2.50 bits per heavy atom. The molecule has 1 aromatic rings. The van der Waals surface area contributed by atoms with Gasteiger partial charge in [0.05, 0.1) is 21.3 Å². The second-order valence-corrected chi connectivity index (χ2v) is 5.77. The topological polar surface area (TPSA) is 60.0 Å². The van der Waals surface area contributed by atoms with E-state index in [4.69, 9.17) is 14.2 Å². The van der Waals surface area contributed by atoms with Crippen LogP contribution in [0.25, 0.3) is 0 Å². The van der Waals surface area contributed by atoms with Crippen LogP contribution in [0.2, 0.25) is 0 Å². The van der Waals surface area contributed by atoms with Crippen molar-refractivity contribution in [1.29, 1.82) is 0 Å². The second-order valence-electron chi connectivity index (χ2n) is 5.77. The number of rotatable bonds is 7. The molecule has 1 N–H and O–H groups in total. The van der Waals surface area contributed by atoms with Crippen molar-refractivity contribution >= 4 is 5.91 Å². The van der Waals surface area contributed by atoms with Gasteiger partial charge in [-0.2, -0.15) is 0 Å². The minimum atomic E-state index is -0.139. The number of nitrogens with zero attached hydrogens (tertiary/aromatic N) is 1. The van der Waals surface area contributed by atoms with Crippen LogP contribution >= 0.6 is 0 Å². The van der Waals surface area contributed by atoms with E-state index in [1.165, 1.54) is 21.3 Å². The van der Waals surface area contributed by atoms with Gasteiger partial charge in [0.2, 0.25) is 5.75 Å². The molecule has 1 aliphatic heterocycles. The molecular formula is C18H26N2O4. The smallest absolute Gasteiger partial charge is 0.251 e. The van der Waals surface area contributed by atoms with Gasteiger partial charge in [0.15, 0.2) is 11.5 Å². The Balaban J connectivity index is 2.13. The molecule has 1 heterocycles. The van der Waals surface area contributed by atoms with E-state index in [0.29, 0.717) is 22.8 Å². The largest absolute Gasteiger partial charge is 0.493 e. The van der Waals surface area contributed by atoms with Crippen LogP contribution in [0.3, 0.4) is 0 Å². The molecule has 1 amide bonds. The van der Waals surface area contributed by atoms with Crippen LogP contribution < -0.4 is 19.5 Å². The molecule has 1 saturated heterocycles. The van der Waals surface area contributed by atoms with Gasteiger partial charge in [-0.15, -0.1) is 6.58 Å². The Morgan fingerprint density at radius 2 is 1.96 bits per heavy atom. The van der Waals surface area contributed by atoms with Crippen molar-refractivity contribution in [2.75, 3.05) is 41.0 Å². The Hall–Kier alpha value is -2.21. The van der Waals surface area contributed by atoms with Gasteiger partial charge in [-0.25, -0.2) is 0 Å². The monoisotopic (exact) mass is 334 g/mol. The summed E-state index contributed by atoms with van der Waals surface area (Å²) in [4.78, 5) is 14.9. The van der Waals surface area contributed by atoms with E-state index in [2.05, 4.69) is 16.8 Å². The molecule has 1 fully saturated rings. The fourth-order valence-electron chi connectivity index (χ4n) is 3.00. The highest BCUT2D eigenvalue weighted by atomic mass is 16.5. The summed E-state index contributed by atoms with van der Waals surface area (Å²) in [7, 11) is 4.61. The number of methoxy groups -OCH3 is 3. The predicted octanol–water partition coefficient (Wildman–Crippen LogP) is 2.09. The maximum absolute atomic E-state index is 12.6. The van der Waals surface area contributed by atoms with Crippen molar-refractivity contribution in [1.82, 2.24) is 10.2 Å². The number of amides is 1. The average molecular weight is 334 g/mol. The van der Waals surface area contributed by atoms with Crippen LogP contribution in [0.15, 0.2) is 24.8 Å². The highest BCUT2D eigenvalue weighted by Crippen LogP contribution is 2.38. The van der Waals surface area contributed by atoms with Crippen molar-refractivity contribution in [2.45, 2.75) is 18.9 Å². The number of likely N-dealkylation sites (tertiary alicyclic amines) is 1. The summed E-state index contributed by atoms with van der Waals surface area (Å²) in [6, 6.07) is 3.47. The number of ether oxygens (including phenoxy) is 3. The van der Waals surface area contributed by atoms with E-state index >= 15 is 0 Å². The third kappa shape index (κ3) is 4.20. The van der Waals surface area contributed by atoms with Gasteiger partial charge >= 0.3 is 0 Å². The first-order chi connectivity index (χ1) is 11.6. The molecule has 24 heavy (non-hydrogen) atoms. The predicted molar refractivity (Wildman–Crippen MR) is 93.2 cm³/mol. The van der Waals surface area contributed by atoms with E-state index < -0.39 is 0 Å². The maximum Gasteiger partial charge on any atom is 0.251 e. The highest BCUT2D eigenvalue weighted by Gasteiger charge is 2.23. The first-order valence-electron chi connectivity index (χ1n) is 8.07. The Bertz CT molecular complexity index is 563. The third-order valence-electron chi connectivity index (χ3n) is 4.15. The van der Waals surface area contributed by atoms with Crippen LogP contribution in [0.5, 0.6) is 17.2 Å². The van der Waals surface area contributed by atoms with E-state index in [9.17, 15) is 4.79 Å².